The minimum absolute atomic E-state index is 0.193. The Morgan fingerprint density at radius 2 is 2.07 bits per heavy atom. The fraction of sp³-hybridized carbons (Fsp3) is 0. The molecule has 0 aliphatic carbocycles. The van der Waals surface area contributed by atoms with Crippen molar-refractivity contribution in [1.29, 1.82) is 0 Å². The Kier molecular flexibility index (Phi) is 4.09. The largest absolute Gasteiger partial charge is 0.459 e. The third-order valence-electron chi connectivity index (χ3n) is 3.85. The van der Waals surface area contributed by atoms with Gasteiger partial charge >= 0.3 is 0 Å². The third kappa shape index (κ3) is 3.25. The molecule has 27 heavy (non-hydrogen) atoms. The van der Waals surface area contributed by atoms with Gasteiger partial charge in [-0.2, -0.15) is 0 Å². The maximum absolute atomic E-state index is 12.1. The van der Waals surface area contributed by atoms with Crippen molar-refractivity contribution in [1.82, 2.24) is 15.0 Å². The lowest BCUT2D eigenvalue weighted by Crippen LogP contribution is -2.10. The van der Waals surface area contributed by atoms with Crippen molar-refractivity contribution in [2.45, 2.75) is 0 Å². The van der Waals surface area contributed by atoms with E-state index < -0.39 is 5.91 Å². The molecule has 9 heteroatoms. The van der Waals surface area contributed by atoms with Gasteiger partial charge in [-0.3, -0.25) is 9.59 Å². The Morgan fingerprint density at radius 3 is 2.81 bits per heavy atom. The van der Waals surface area contributed by atoms with Crippen molar-refractivity contribution >= 4 is 40.3 Å². The molecule has 3 aromatic heterocycles. The van der Waals surface area contributed by atoms with E-state index in [1.807, 2.05) is 0 Å². The van der Waals surface area contributed by atoms with E-state index in [-0.39, 0.29) is 17.2 Å². The zero-order valence-electron chi connectivity index (χ0n) is 13.7. The number of amides is 2. The summed E-state index contributed by atoms with van der Waals surface area (Å²) >= 11 is 6.29. The Morgan fingerprint density at radius 1 is 1.22 bits per heavy atom. The van der Waals surface area contributed by atoms with Gasteiger partial charge in [0.15, 0.2) is 11.4 Å². The number of hydrogen-bond donors (Lipinski definition) is 3. The molecule has 2 amide bonds. The number of fused-ring (bicyclic) bond motifs is 1. The Bertz CT molecular complexity index is 1170. The lowest BCUT2D eigenvalue weighted by Gasteiger charge is -2.07. The van der Waals surface area contributed by atoms with E-state index in [9.17, 15) is 9.59 Å². The van der Waals surface area contributed by atoms with Gasteiger partial charge < -0.3 is 20.5 Å². The molecule has 3 heterocycles. The average molecular weight is 382 g/mol. The first-order valence-corrected chi connectivity index (χ1v) is 8.19. The number of imidazole rings is 1. The second-order valence-corrected chi connectivity index (χ2v) is 6.08. The summed E-state index contributed by atoms with van der Waals surface area (Å²) in [6.07, 6.45) is 2.78. The summed E-state index contributed by atoms with van der Waals surface area (Å²) in [6, 6.07) is 9.74. The van der Waals surface area contributed by atoms with Gasteiger partial charge in [-0.05, 0) is 36.4 Å². The molecule has 0 saturated heterocycles. The summed E-state index contributed by atoms with van der Waals surface area (Å²) in [4.78, 5) is 35.0. The van der Waals surface area contributed by atoms with Crippen LogP contribution in [-0.2, 0) is 0 Å². The van der Waals surface area contributed by atoms with Crippen LogP contribution in [0.2, 0.25) is 5.02 Å². The van der Waals surface area contributed by atoms with E-state index in [1.165, 1.54) is 12.5 Å². The number of halogens is 1. The highest BCUT2D eigenvalue weighted by atomic mass is 35.5. The molecule has 4 rings (SSSR count). The molecule has 134 valence electrons. The number of nitrogens with two attached hydrogens (primary N) is 1. The van der Waals surface area contributed by atoms with E-state index >= 15 is 0 Å². The Hall–Kier alpha value is -3.65. The van der Waals surface area contributed by atoms with Crippen LogP contribution >= 0.6 is 11.6 Å². The second kappa shape index (κ2) is 6.58. The minimum atomic E-state index is -0.582. The number of aromatic amines is 1. The van der Waals surface area contributed by atoms with E-state index in [1.54, 1.807) is 36.4 Å². The highest BCUT2D eigenvalue weighted by Gasteiger charge is 2.14. The summed E-state index contributed by atoms with van der Waals surface area (Å²) in [5.74, 6) is -0.330. The molecule has 0 aliphatic heterocycles. The lowest BCUT2D eigenvalue weighted by atomic mass is 10.2. The minimum Gasteiger partial charge on any atom is -0.459 e. The number of benzene rings is 1. The molecule has 0 saturated carbocycles. The number of nitrogens with zero attached hydrogens (tertiary/aromatic N) is 2. The summed E-state index contributed by atoms with van der Waals surface area (Å²) < 4.78 is 5.07. The molecule has 0 aliphatic rings. The Balaban J connectivity index is 1.69. The summed E-state index contributed by atoms with van der Waals surface area (Å²) in [5.41, 5.74) is 7.57. The van der Waals surface area contributed by atoms with Crippen LogP contribution in [-0.4, -0.2) is 26.8 Å². The molecular weight excluding hydrogens is 370 g/mol. The van der Waals surface area contributed by atoms with Crippen LogP contribution in [0.5, 0.6) is 0 Å². The number of aromatic nitrogens is 3. The number of furan rings is 1. The number of H-pyrrole nitrogens is 1. The normalized spacial score (nSPS) is 10.9. The number of primary amides is 1. The molecular formula is C18H12ClN5O3. The van der Waals surface area contributed by atoms with E-state index in [2.05, 4.69) is 20.3 Å². The van der Waals surface area contributed by atoms with Crippen LogP contribution in [0, 0.1) is 0 Å². The summed E-state index contributed by atoms with van der Waals surface area (Å²) in [7, 11) is 0. The number of rotatable bonds is 4. The standard InChI is InChI=1S/C18H12ClN5O3/c19-12-4-3-10(22-18(26)14-2-1-5-27-14)7-11(12)16-23-13-6-9(15(20)25)8-21-17(13)24-16/h1-8H,(H2,20,25)(H,22,26)(H,21,23,24). The highest BCUT2D eigenvalue weighted by molar-refractivity contribution is 6.33. The van der Waals surface area contributed by atoms with Crippen LogP contribution in [0.15, 0.2) is 53.3 Å². The molecule has 0 bridgehead atoms. The van der Waals surface area contributed by atoms with Crippen LogP contribution in [0.4, 0.5) is 5.69 Å². The fourth-order valence-corrected chi connectivity index (χ4v) is 2.75. The van der Waals surface area contributed by atoms with Crippen molar-refractivity contribution in [3.05, 3.63) is 65.2 Å². The first-order chi connectivity index (χ1) is 13.0. The van der Waals surface area contributed by atoms with Gasteiger partial charge in [0.05, 0.1) is 22.4 Å². The van der Waals surface area contributed by atoms with Crippen molar-refractivity contribution in [2.75, 3.05) is 5.32 Å². The number of carbonyl (C=O) groups is 2. The lowest BCUT2D eigenvalue weighted by molar-refractivity contribution is 0.0990. The van der Waals surface area contributed by atoms with Crippen LogP contribution in [0.3, 0.4) is 0 Å². The number of anilines is 1. The first kappa shape index (κ1) is 16.8. The van der Waals surface area contributed by atoms with Gasteiger partial charge in [0, 0.05) is 17.4 Å². The molecule has 1 aromatic carbocycles. The molecule has 4 aromatic rings. The number of carbonyl (C=O) groups excluding carboxylic acids is 2. The van der Waals surface area contributed by atoms with Crippen molar-refractivity contribution < 1.29 is 14.0 Å². The van der Waals surface area contributed by atoms with Gasteiger partial charge in [-0.25, -0.2) is 9.97 Å². The topological polar surface area (TPSA) is 127 Å². The predicted molar refractivity (Wildman–Crippen MR) is 99.5 cm³/mol. The number of nitrogens with one attached hydrogen (secondary N) is 2. The van der Waals surface area contributed by atoms with Gasteiger partial charge in [0.1, 0.15) is 5.82 Å². The van der Waals surface area contributed by atoms with Gasteiger partial charge in [-0.15, -0.1) is 0 Å². The maximum Gasteiger partial charge on any atom is 0.291 e. The molecule has 4 N–H and O–H groups in total. The SMILES string of the molecule is NC(=O)c1cnc2nc(-c3cc(NC(=O)c4ccco4)ccc3Cl)[nH]c2c1. The number of hydrogen-bond acceptors (Lipinski definition) is 5. The fourth-order valence-electron chi connectivity index (χ4n) is 2.55. The zero-order chi connectivity index (χ0) is 19.0. The van der Waals surface area contributed by atoms with Crippen molar-refractivity contribution in [3.63, 3.8) is 0 Å². The predicted octanol–water partition coefficient (Wildman–Crippen LogP) is 3.22. The molecule has 0 fully saturated rings. The van der Waals surface area contributed by atoms with Crippen LogP contribution in [0.1, 0.15) is 20.9 Å². The second-order valence-electron chi connectivity index (χ2n) is 5.67. The molecule has 0 atom stereocenters. The van der Waals surface area contributed by atoms with Crippen LogP contribution in [0.25, 0.3) is 22.6 Å². The summed E-state index contributed by atoms with van der Waals surface area (Å²) in [6.45, 7) is 0. The molecule has 8 nitrogen and oxygen atoms in total. The highest BCUT2D eigenvalue weighted by Crippen LogP contribution is 2.30. The monoisotopic (exact) mass is 381 g/mol. The van der Waals surface area contributed by atoms with Crippen molar-refractivity contribution in [2.24, 2.45) is 5.73 Å². The average Bonchev–Trinajstić information content (AvgIpc) is 3.32. The van der Waals surface area contributed by atoms with Crippen LogP contribution < -0.4 is 11.1 Å². The quantitative estimate of drug-likeness (QED) is 0.500. The number of pyridine rings is 1. The van der Waals surface area contributed by atoms with E-state index in [4.69, 9.17) is 21.8 Å². The van der Waals surface area contributed by atoms with E-state index in [0.717, 1.165) is 0 Å². The molecule has 0 spiro atoms. The van der Waals surface area contributed by atoms with Gasteiger partial charge in [-0.1, -0.05) is 11.6 Å². The van der Waals surface area contributed by atoms with Gasteiger partial charge in [0.25, 0.3) is 5.91 Å². The molecule has 0 radical (unpaired) electrons. The third-order valence-corrected chi connectivity index (χ3v) is 4.18. The molecule has 0 unspecified atom stereocenters. The van der Waals surface area contributed by atoms with E-state index in [0.29, 0.717) is 33.3 Å². The van der Waals surface area contributed by atoms with Gasteiger partial charge in [0.2, 0.25) is 5.91 Å². The smallest absolute Gasteiger partial charge is 0.291 e. The zero-order valence-corrected chi connectivity index (χ0v) is 14.4. The summed E-state index contributed by atoms with van der Waals surface area (Å²) in [5, 5.41) is 3.16. The maximum atomic E-state index is 12.1. The van der Waals surface area contributed by atoms with Crippen molar-refractivity contribution in [3.8, 4) is 11.4 Å². The Labute approximate surface area is 157 Å². The first-order valence-electron chi connectivity index (χ1n) is 7.81.